The van der Waals surface area contributed by atoms with Gasteiger partial charge in [0.15, 0.2) is 0 Å². The van der Waals surface area contributed by atoms with Crippen LogP contribution in [0.15, 0.2) is 35.5 Å². The summed E-state index contributed by atoms with van der Waals surface area (Å²) in [5.41, 5.74) is 0.549. The predicted molar refractivity (Wildman–Crippen MR) is 47.4 cm³/mol. The van der Waals surface area contributed by atoms with Gasteiger partial charge in [-0.05, 0) is 34.7 Å². The van der Waals surface area contributed by atoms with Crippen LogP contribution in [0.3, 0.4) is 0 Å². The Labute approximate surface area is 84.6 Å². The zero-order chi connectivity index (χ0) is 10.9. The monoisotopic (exact) mass is 228 g/mol. The summed E-state index contributed by atoms with van der Waals surface area (Å²) in [6.07, 6.45) is 1.35. The smallest absolute Gasteiger partial charge is 0.201 e. The Morgan fingerprint density at radius 3 is 2.33 bits per heavy atom. The minimum atomic E-state index is -4.65. The highest BCUT2D eigenvalue weighted by Crippen LogP contribution is 2.14. The van der Waals surface area contributed by atoms with E-state index in [9.17, 15) is 12.3 Å². The number of nitrogens with zero attached hydrogens (tertiary/aromatic N) is 4. The van der Waals surface area contributed by atoms with Crippen molar-refractivity contribution in [1.29, 1.82) is 0 Å². The summed E-state index contributed by atoms with van der Waals surface area (Å²) in [4.78, 5) is -0.390. The van der Waals surface area contributed by atoms with Crippen molar-refractivity contribution >= 4 is 10.2 Å². The van der Waals surface area contributed by atoms with Gasteiger partial charge >= 0.3 is 10.2 Å². The van der Waals surface area contributed by atoms with Crippen molar-refractivity contribution in [2.24, 2.45) is 0 Å². The van der Waals surface area contributed by atoms with Gasteiger partial charge in [0.1, 0.15) is 6.33 Å². The third-order valence-corrected chi connectivity index (χ3v) is 2.57. The van der Waals surface area contributed by atoms with Crippen LogP contribution >= 0.6 is 0 Å². The van der Waals surface area contributed by atoms with Crippen LogP contribution in [0.25, 0.3) is 5.69 Å². The molecule has 1 aromatic carbocycles. The molecule has 1 aromatic heterocycles. The molecule has 0 aliphatic heterocycles. The first kappa shape index (κ1) is 9.71. The number of hydrogen-bond donors (Lipinski definition) is 0. The normalized spacial score (nSPS) is 11.5. The lowest BCUT2D eigenvalue weighted by Gasteiger charge is -1.99. The molecule has 15 heavy (non-hydrogen) atoms. The minimum absolute atomic E-state index is 0.390. The van der Waals surface area contributed by atoms with Gasteiger partial charge < -0.3 is 0 Å². The van der Waals surface area contributed by atoms with Gasteiger partial charge in [-0.25, -0.2) is 4.68 Å². The van der Waals surface area contributed by atoms with Crippen LogP contribution in [0.2, 0.25) is 0 Å². The molecule has 0 aliphatic rings. The molecule has 0 aliphatic carbocycles. The summed E-state index contributed by atoms with van der Waals surface area (Å²) >= 11 is 0. The van der Waals surface area contributed by atoms with Gasteiger partial charge in [-0.2, -0.15) is 8.42 Å². The first-order chi connectivity index (χ1) is 7.07. The second-order valence-corrected chi connectivity index (χ2v) is 4.03. The Bertz CT molecular complexity index is 549. The Kier molecular flexibility index (Phi) is 2.19. The first-order valence-electron chi connectivity index (χ1n) is 3.85. The lowest BCUT2D eigenvalue weighted by Crippen LogP contribution is -1.97. The zero-order valence-electron chi connectivity index (χ0n) is 7.28. The fourth-order valence-corrected chi connectivity index (χ4v) is 1.50. The summed E-state index contributed by atoms with van der Waals surface area (Å²) in [6.45, 7) is 0. The molecule has 0 N–H and O–H groups in total. The molecule has 1 heterocycles. The summed E-state index contributed by atoms with van der Waals surface area (Å²) in [5, 5.41) is 10.4. The molecule has 0 bridgehead atoms. The Hall–Kier alpha value is -1.83. The third kappa shape index (κ3) is 1.99. The quantitative estimate of drug-likeness (QED) is 0.692. The van der Waals surface area contributed by atoms with Crippen molar-refractivity contribution < 1.29 is 12.3 Å². The molecule has 0 atom stereocenters. The van der Waals surface area contributed by atoms with Gasteiger partial charge in [-0.15, -0.1) is 8.98 Å². The molecular weight excluding hydrogens is 223 g/mol. The van der Waals surface area contributed by atoms with Crippen molar-refractivity contribution in [2.75, 3.05) is 0 Å². The van der Waals surface area contributed by atoms with E-state index in [0.29, 0.717) is 5.69 Å². The highest BCUT2D eigenvalue weighted by atomic mass is 32.3. The van der Waals surface area contributed by atoms with Crippen LogP contribution in [0.5, 0.6) is 0 Å². The first-order valence-corrected chi connectivity index (χ1v) is 5.24. The standard InChI is InChI=1S/C7H5FN4O2S/c8-15(13,14)7-3-1-6(2-4-7)12-5-9-10-11-12/h1-5H. The highest BCUT2D eigenvalue weighted by Gasteiger charge is 2.11. The van der Waals surface area contributed by atoms with Crippen molar-refractivity contribution in [3.8, 4) is 5.69 Å². The van der Waals surface area contributed by atoms with Crippen molar-refractivity contribution in [2.45, 2.75) is 4.90 Å². The van der Waals surface area contributed by atoms with E-state index in [4.69, 9.17) is 0 Å². The van der Waals surface area contributed by atoms with Crippen molar-refractivity contribution in [1.82, 2.24) is 20.2 Å². The van der Waals surface area contributed by atoms with Crippen LogP contribution in [0, 0.1) is 0 Å². The highest BCUT2D eigenvalue weighted by molar-refractivity contribution is 7.86. The average Bonchev–Trinajstić information content (AvgIpc) is 2.69. The van der Waals surface area contributed by atoms with Gasteiger partial charge in [0.2, 0.25) is 0 Å². The molecule has 0 fully saturated rings. The summed E-state index contributed by atoms with van der Waals surface area (Å²) in [6, 6.07) is 5.10. The Morgan fingerprint density at radius 1 is 1.20 bits per heavy atom. The SMILES string of the molecule is O=S(=O)(F)c1ccc(-n2cnnn2)cc1. The molecule has 0 saturated carbocycles. The molecular formula is C7H5FN4O2S. The lowest BCUT2D eigenvalue weighted by atomic mass is 10.3. The van der Waals surface area contributed by atoms with E-state index in [2.05, 4.69) is 15.5 Å². The van der Waals surface area contributed by atoms with E-state index in [1.165, 1.54) is 23.1 Å². The molecule has 0 unspecified atom stereocenters. The summed E-state index contributed by atoms with van der Waals surface area (Å²) in [7, 11) is -4.65. The number of aromatic nitrogens is 4. The number of halogens is 1. The molecule has 2 aromatic rings. The molecule has 0 radical (unpaired) electrons. The van der Waals surface area contributed by atoms with Gasteiger partial charge in [0.25, 0.3) is 0 Å². The van der Waals surface area contributed by atoms with Crippen LogP contribution < -0.4 is 0 Å². The summed E-state index contributed by atoms with van der Waals surface area (Å²) in [5.74, 6) is 0. The number of tetrazole rings is 1. The van der Waals surface area contributed by atoms with E-state index < -0.39 is 10.2 Å². The Morgan fingerprint density at radius 2 is 1.87 bits per heavy atom. The van der Waals surface area contributed by atoms with E-state index in [1.807, 2.05) is 0 Å². The molecule has 0 spiro atoms. The maximum Gasteiger partial charge on any atom is 0.332 e. The number of hydrogen-bond acceptors (Lipinski definition) is 5. The molecule has 0 saturated heterocycles. The predicted octanol–water partition coefficient (Wildman–Crippen LogP) is 0.321. The van der Waals surface area contributed by atoms with E-state index in [-0.39, 0.29) is 4.90 Å². The van der Waals surface area contributed by atoms with Crippen LogP contribution in [0.4, 0.5) is 3.89 Å². The fourth-order valence-electron chi connectivity index (χ4n) is 1.04. The molecule has 0 amide bonds. The van der Waals surface area contributed by atoms with E-state index in [1.54, 1.807) is 0 Å². The van der Waals surface area contributed by atoms with E-state index >= 15 is 0 Å². The summed E-state index contributed by atoms with van der Waals surface area (Å²) < 4.78 is 34.9. The fraction of sp³-hybridized carbons (Fsp3) is 0. The zero-order valence-corrected chi connectivity index (χ0v) is 8.09. The maximum absolute atomic E-state index is 12.5. The number of benzene rings is 1. The average molecular weight is 228 g/mol. The van der Waals surface area contributed by atoms with Crippen molar-refractivity contribution in [3.63, 3.8) is 0 Å². The topological polar surface area (TPSA) is 77.7 Å². The third-order valence-electron chi connectivity index (χ3n) is 1.73. The van der Waals surface area contributed by atoms with Crippen LogP contribution in [0.1, 0.15) is 0 Å². The molecule has 8 heteroatoms. The Balaban J connectivity index is 2.42. The van der Waals surface area contributed by atoms with Gasteiger partial charge in [0.05, 0.1) is 10.6 Å². The van der Waals surface area contributed by atoms with Gasteiger partial charge in [-0.3, -0.25) is 0 Å². The maximum atomic E-state index is 12.5. The van der Waals surface area contributed by atoms with Crippen LogP contribution in [-0.4, -0.2) is 28.6 Å². The second kappa shape index (κ2) is 3.39. The minimum Gasteiger partial charge on any atom is -0.201 e. The molecule has 78 valence electrons. The molecule has 6 nitrogen and oxygen atoms in total. The molecule has 2 rings (SSSR count). The van der Waals surface area contributed by atoms with E-state index in [0.717, 1.165) is 12.1 Å². The lowest BCUT2D eigenvalue weighted by molar-refractivity contribution is 0.552. The number of rotatable bonds is 2. The van der Waals surface area contributed by atoms with Crippen molar-refractivity contribution in [3.05, 3.63) is 30.6 Å². The second-order valence-electron chi connectivity index (χ2n) is 2.69. The van der Waals surface area contributed by atoms with Gasteiger partial charge in [-0.1, -0.05) is 0 Å². The van der Waals surface area contributed by atoms with Crippen LogP contribution in [-0.2, 0) is 10.2 Å². The largest absolute Gasteiger partial charge is 0.332 e. The van der Waals surface area contributed by atoms with Gasteiger partial charge in [0, 0.05) is 0 Å².